The third-order valence-corrected chi connectivity index (χ3v) is 6.94. The number of hydrogen-bond acceptors (Lipinski definition) is 8. The van der Waals surface area contributed by atoms with Gasteiger partial charge in [0, 0.05) is 57.0 Å². The molecule has 3 aromatic heterocycles. The van der Waals surface area contributed by atoms with Crippen molar-refractivity contribution < 1.29 is 27.9 Å². The van der Waals surface area contributed by atoms with E-state index in [4.69, 9.17) is 9.90 Å². The van der Waals surface area contributed by atoms with E-state index < -0.39 is 12.1 Å². The van der Waals surface area contributed by atoms with Crippen LogP contribution in [0.25, 0.3) is 10.3 Å². The van der Waals surface area contributed by atoms with E-state index in [1.807, 2.05) is 23.3 Å². The van der Waals surface area contributed by atoms with Gasteiger partial charge in [-0.25, -0.2) is 14.8 Å². The van der Waals surface area contributed by atoms with Gasteiger partial charge in [-0.05, 0) is 17.9 Å². The number of carboxylic acid groups (broad SMARTS) is 1. The molecule has 13 heteroatoms. The average Bonchev–Trinajstić information content (AvgIpc) is 3.45. The fraction of sp³-hybridized carbons (Fsp3) is 0.400. The minimum absolute atomic E-state index is 0.0806. The lowest BCUT2D eigenvalue weighted by Gasteiger charge is -2.34. The standard InChI is InChI=1S/C18H21N5OS2.C2HF3O2/c1-19-14-15-17(21-6-5-20-15)26-16(14)18(24)23-10-8-22(9-11-23)7-4-13-3-2-12-25-13;3-2(4,5)1(6)7/h2-3,5-6,12,19H,4,7-11H2,1H3;(H,6,7). The van der Waals surface area contributed by atoms with Gasteiger partial charge in [-0.1, -0.05) is 6.07 Å². The van der Waals surface area contributed by atoms with Crippen LogP contribution in [0.4, 0.5) is 18.9 Å². The van der Waals surface area contributed by atoms with Crippen molar-refractivity contribution in [2.75, 3.05) is 45.1 Å². The molecule has 0 aliphatic carbocycles. The lowest BCUT2D eigenvalue weighted by Crippen LogP contribution is -2.49. The lowest BCUT2D eigenvalue weighted by atomic mass is 10.2. The van der Waals surface area contributed by atoms with Crippen LogP contribution in [-0.2, 0) is 11.2 Å². The number of aromatic nitrogens is 2. The highest BCUT2D eigenvalue weighted by molar-refractivity contribution is 7.21. The molecule has 1 aliphatic heterocycles. The number of piperazine rings is 1. The molecule has 178 valence electrons. The lowest BCUT2D eigenvalue weighted by molar-refractivity contribution is -0.192. The topological polar surface area (TPSA) is 98.7 Å². The van der Waals surface area contributed by atoms with Crippen molar-refractivity contribution in [1.82, 2.24) is 19.8 Å². The first kappa shape index (κ1) is 24.9. The van der Waals surface area contributed by atoms with Crippen molar-refractivity contribution >= 4 is 50.6 Å². The number of halogens is 3. The highest BCUT2D eigenvalue weighted by Crippen LogP contribution is 2.33. The molecule has 0 spiro atoms. The maximum Gasteiger partial charge on any atom is 0.490 e. The Kier molecular flexibility index (Phi) is 8.21. The quantitative estimate of drug-likeness (QED) is 0.553. The third kappa shape index (κ3) is 6.39. The van der Waals surface area contributed by atoms with E-state index in [2.05, 4.69) is 37.7 Å². The minimum atomic E-state index is -5.08. The predicted molar refractivity (Wildman–Crippen MR) is 121 cm³/mol. The van der Waals surface area contributed by atoms with Crippen molar-refractivity contribution in [2.24, 2.45) is 0 Å². The molecular weight excluding hydrogens is 479 g/mol. The number of nitrogens with one attached hydrogen (secondary N) is 1. The van der Waals surface area contributed by atoms with Gasteiger partial charge < -0.3 is 15.3 Å². The molecule has 4 rings (SSSR count). The van der Waals surface area contributed by atoms with Crippen LogP contribution in [0, 0.1) is 0 Å². The van der Waals surface area contributed by atoms with Crippen molar-refractivity contribution in [3.05, 3.63) is 39.7 Å². The zero-order valence-electron chi connectivity index (χ0n) is 17.6. The summed E-state index contributed by atoms with van der Waals surface area (Å²) in [6.07, 6.45) is -0.668. The van der Waals surface area contributed by atoms with E-state index in [0.29, 0.717) is 4.88 Å². The Morgan fingerprint density at radius 3 is 2.42 bits per heavy atom. The molecule has 0 radical (unpaired) electrons. The summed E-state index contributed by atoms with van der Waals surface area (Å²) >= 11 is 3.23. The van der Waals surface area contributed by atoms with Crippen LogP contribution in [0.1, 0.15) is 14.5 Å². The van der Waals surface area contributed by atoms with Gasteiger partial charge in [-0.2, -0.15) is 13.2 Å². The number of fused-ring (bicyclic) bond motifs is 1. The molecule has 1 fully saturated rings. The monoisotopic (exact) mass is 501 g/mol. The number of thiophene rings is 2. The van der Waals surface area contributed by atoms with Gasteiger partial charge in [0.25, 0.3) is 5.91 Å². The Morgan fingerprint density at radius 1 is 1.18 bits per heavy atom. The summed E-state index contributed by atoms with van der Waals surface area (Å²) in [6, 6.07) is 4.29. The summed E-state index contributed by atoms with van der Waals surface area (Å²) in [5, 5.41) is 12.4. The van der Waals surface area contributed by atoms with E-state index in [1.165, 1.54) is 16.2 Å². The van der Waals surface area contributed by atoms with E-state index >= 15 is 0 Å². The van der Waals surface area contributed by atoms with Gasteiger partial charge in [-0.15, -0.1) is 22.7 Å². The second-order valence-corrected chi connectivity index (χ2v) is 9.06. The fourth-order valence-corrected chi connectivity index (χ4v) is 5.02. The second-order valence-electron chi connectivity index (χ2n) is 7.03. The van der Waals surface area contributed by atoms with Crippen molar-refractivity contribution in [3.63, 3.8) is 0 Å². The fourth-order valence-electron chi connectivity index (χ4n) is 3.25. The molecule has 1 saturated heterocycles. The number of alkyl halides is 3. The van der Waals surface area contributed by atoms with Crippen LogP contribution < -0.4 is 5.32 Å². The smallest absolute Gasteiger partial charge is 0.475 e. The van der Waals surface area contributed by atoms with Crippen LogP contribution in [-0.4, -0.2) is 82.7 Å². The Morgan fingerprint density at radius 2 is 1.85 bits per heavy atom. The predicted octanol–water partition coefficient (Wildman–Crippen LogP) is 3.43. The molecule has 2 N–H and O–H groups in total. The summed E-state index contributed by atoms with van der Waals surface area (Å²) in [5.74, 6) is -2.68. The number of carbonyl (C=O) groups is 2. The maximum atomic E-state index is 13.0. The molecule has 0 atom stereocenters. The van der Waals surface area contributed by atoms with E-state index in [1.54, 1.807) is 12.4 Å². The molecule has 1 amide bonds. The molecule has 4 heterocycles. The number of hydrogen-bond donors (Lipinski definition) is 2. The number of aliphatic carboxylic acids is 1. The average molecular weight is 502 g/mol. The molecular formula is C20H22F3N5O3S2. The first-order chi connectivity index (χ1) is 15.7. The van der Waals surface area contributed by atoms with E-state index in [9.17, 15) is 18.0 Å². The summed E-state index contributed by atoms with van der Waals surface area (Å²) < 4.78 is 31.7. The van der Waals surface area contributed by atoms with Gasteiger partial charge >= 0.3 is 12.1 Å². The number of amides is 1. The Hall–Kier alpha value is -2.77. The first-order valence-electron chi connectivity index (χ1n) is 9.96. The molecule has 0 saturated carbocycles. The van der Waals surface area contributed by atoms with Crippen LogP contribution >= 0.6 is 22.7 Å². The number of carbonyl (C=O) groups excluding carboxylic acids is 1. The highest BCUT2D eigenvalue weighted by Gasteiger charge is 2.38. The van der Waals surface area contributed by atoms with Crippen LogP contribution in [0.15, 0.2) is 29.9 Å². The van der Waals surface area contributed by atoms with Gasteiger partial charge in [-0.3, -0.25) is 9.69 Å². The van der Waals surface area contributed by atoms with Crippen LogP contribution in [0.3, 0.4) is 0 Å². The number of anilines is 1. The molecule has 33 heavy (non-hydrogen) atoms. The maximum absolute atomic E-state index is 13.0. The van der Waals surface area contributed by atoms with Crippen molar-refractivity contribution in [1.29, 1.82) is 0 Å². The Bertz CT molecular complexity index is 1080. The van der Waals surface area contributed by atoms with Crippen LogP contribution in [0.5, 0.6) is 0 Å². The largest absolute Gasteiger partial charge is 0.490 e. The van der Waals surface area contributed by atoms with Gasteiger partial charge in [0.15, 0.2) is 0 Å². The normalized spacial score (nSPS) is 14.6. The van der Waals surface area contributed by atoms with E-state index in [0.717, 1.165) is 55.2 Å². The molecule has 8 nitrogen and oxygen atoms in total. The molecule has 0 bridgehead atoms. The minimum Gasteiger partial charge on any atom is -0.475 e. The summed E-state index contributed by atoms with van der Waals surface area (Å²) in [4.78, 5) is 38.0. The summed E-state index contributed by atoms with van der Waals surface area (Å²) in [5.41, 5.74) is 1.57. The molecule has 0 unspecified atom stereocenters. The second kappa shape index (κ2) is 10.9. The van der Waals surface area contributed by atoms with Crippen LogP contribution in [0.2, 0.25) is 0 Å². The highest BCUT2D eigenvalue weighted by atomic mass is 32.1. The first-order valence-corrected chi connectivity index (χ1v) is 11.7. The third-order valence-electron chi connectivity index (χ3n) is 4.93. The number of carboxylic acids is 1. The van der Waals surface area contributed by atoms with Crippen molar-refractivity contribution in [3.8, 4) is 0 Å². The zero-order valence-corrected chi connectivity index (χ0v) is 19.3. The van der Waals surface area contributed by atoms with Gasteiger partial charge in [0.05, 0.1) is 5.69 Å². The summed E-state index contributed by atoms with van der Waals surface area (Å²) in [7, 11) is 1.83. The Balaban J connectivity index is 0.000000383. The molecule has 1 aliphatic rings. The number of nitrogens with zero attached hydrogens (tertiary/aromatic N) is 4. The van der Waals surface area contributed by atoms with E-state index in [-0.39, 0.29) is 5.91 Å². The van der Waals surface area contributed by atoms with Gasteiger partial charge in [0.1, 0.15) is 15.2 Å². The van der Waals surface area contributed by atoms with Crippen molar-refractivity contribution in [2.45, 2.75) is 12.6 Å². The number of rotatable bonds is 5. The Labute approximate surface area is 195 Å². The zero-order chi connectivity index (χ0) is 24.0. The molecule has 3 aromatic rings. The van der Waals surface area contributed by atoms with Gasteiger partial charge in [0.2, 0.25) is 0 Å². The SMILES string of the molecule is CNc1c(C(=O)N2CCN(CCc3cccs3)CC2)sc2nccnc12.O=C(O)C(F)(F)F. The molecule has 0 aromatic carbocycles. The summed E-state index contributed by atoms with van der Waals surface area (Å²) in [6.45, 7) is 4.44.